The van der Waals surface area contributed by atoms with Gasteiger partial charge in [0.1, 0.15) is 11.5 Å². The fourth-order valence-electron chi connectivity index (χ4n) is 3.34. The summed E-state index contributed by atoms with van der Waals surface area (Å²) in [6, 6.07) is 3.16. The van der Waals surface area contributed by atoms with Crippen LogP contribution in [0.25, 0.3) is 11.3 Å². The van der Waals surface area contributed by atoms with E-state index in [1.54, 1.807) is 19.0 Å². The van der Waals surface area contributed by atoms with Gasteiger partial charge in [-0.05, 0) is 50.5 Å². The summed E-state index contributed by atoms with van der Waals surface area (Å²) in [4.78, 5) is 14.6. The highest BCUT2D eigenvalue weighted by Gasteiger charge is 2.42. The quantitative estimate of drug-likeness (QED) is 0.429. The van der Waals surface area contributed by atoms with Gasteiger partial charge in [-0.1, -0.05) is 5.21 Å². The van der Waals surface area contributed by atoms with Crippen molar-refractivity contribution in [2.75, 3.05) is 32.5 Å². The zero-order chi connectivity index (χ0) is 30.9. The molecule has 1 N–H and O–H groups in total. The molecule has 38 heavy (non-hydrogen) atoms. The number of anilines is 1. The van der Waals surface area contributed by atoms with Crippen LogP contribution in [-0.4, -0.2) is 64.8 Å². The summed E-state index contributed by atoms with van der Waals surface area (Å²) in [6.07, 6.45) is -12.9. The fraction of sp³-hybridized carbons (Fsp3) is 0.348. The first kappa shape index (κ1) is 24.6. The van der Waals surface area contributed by atoms with E-state index in [0.29, 0.717) is 0 Å². The molecule has 15 heteroatoms. The largest absolute Gasteiger partial charge is 0.420 e. The molecule has 2 aromatic carbocycles. The van der Waals surface area contributed by atoms with Gasteiger partial charge in [0.2, 0.25) is 0 Å². The summed E-state index contributed by atoms with van der Waals surface area (Å²) < 4.78 is 125. The Kier molecular flexibility index (Phi) is 7.09. The Labute approximate surface area is 216 Å². The van der Waals surface area contributed by atoms with Crippen molar-refractivity contribution in [3.8, 4) is 17.0 Å². The zero-order valence-electron chi connectivity index (χ0n) is 22.7. The van der Waals surface area contributed by atoms with Gasteiger partial charge in [0.25, 0.3) is 0 Å². The minimum absolute atomic E-state index is 0.0670. The Hall–Kier alpha value is -3.72. The summed E-state index contributed by atoms with van der Waals surface area (Å²) in [7, 11) is 3.29. The maximum absolute atomic E-state index is 14.1. The lowest BCUT2D eigenvalue weighted by Gasteiger charge is -2.22. The van der Waals surface area contributed by atoms with Crippen molar-refractivity contribution in [3.05, 3.63) is 59.5 Å². The highest BCUT2D eigenvalue weighted by atomic mass is 19.4. The van der Waals surface area contributed by atoms with E-state index >= 15 is 0 Å². The van der Waals surface area contributed by atoms with Crippen molar-refractivity contribution in [1.29, 1.82) is 0 Å². The normalized spacial score (nSPS) is 14.6. The molecule has 1 heterocycles. The van der Waals surface area contributed by atoms with Gasteiger partial charge < -0.3 is 14.7 Å². The van der Waals surface area contributed by atoms with Crippen LogP contribution in [-0.2, 0) is 18.9 Å². The maximum Gasteiger partial charge on any atom is 0.420 e. The third-order valence-electron chi connectivity index (χ3n) is 4.97. The van der Waals surface area contributed by atoms with E-state index in [1.165, 1.54) is 0 Å². The van der Waals surface area contributed by atoms with Crippen LogP contribution in [0.2, 0.25) is 0 Å². The summed E-state index contributed by atoms with van der Waals surface area (Å²) in [6.45, 7) is -3.48. The van der Waals surface area contributed by atoms with E-state index in [2.05, 4.69) is 10.3 Å². The molecule has 8 nitrogen and oxygen atoms in total. The Morgan fingerprint density at radius 1 is 1.13 bits per heavy atom. The van der Waals surface area contributed by atoms with Crippen LogP contribution >= 0.6 is 0 Å². The lowest BCUT2D eigenvalue weighted by atomic mass is 10.0. The third kappa shape index (κ3) is 6.98. The van der Waals surface area contributed by atoms with Gasteiger partial charge in [-0.25, -0.2) is 13.9 Å². The van der Waals surface area contributed by atoms with Crippen molar-refractivity contribution in [1.82, 2.24) is 19.9 Å². The number of carbonyl (C=O) groups excluding carboxylic acids is 1. The second kappa shape index (κ2) is 10.9. The van der Waals surface area contributed by atoms with E-state index in [1.807, 2.05) is 0 Å². The van der Waals surface area contributed by atoms with Gasteiger partial charge in [0.05, 0.1) is 30.0 Å². The number of nitrogens with zero attached hydrogens (tertiary/aromatic N) is 5. The number of rotatable bonds is 7. The number of amides is 1. The Balaban J connectivity index is 2.18. The molecule has 0 aliphatic heterocycles. The zero-order valence-corrected chi connectivity index (χ0v) is 19.7. The first-order chi connectivity index (χ1) is 18.8. The number of benzene rings is 2. The Bertz CT molecular complexity index is 1380. The molecule has 0 saturated heterocycles. The summed E-state index contributed by atoms with van der Waals surface area (Å²) in [5.74, 6) is -2.30. The SMILES string of the molecule is [2H]C([2H])([2H])N(C(=O)Oc1c(-c2cn(CC(O)CN(C)C)nn2)cc(C(F)(F)F)cc1C(F)(F)F)c1ccc(F)cc1. The van der Waals surface area contributed by atoms with E-state index in [9.17, 15) is 40.6 Å². The van der Waals surface area contributed by atoms with Crippen LogP contribution in [0.4, 0.5) is 41.2 Å². The molecule has 1 amide bonds. The number of alkyl halides is 6. The van der Waals surface area contributed by atoms with Crippen LogP contribution in [0.3, 0.4) is 0 Å². The van der Waals surface area contributed by atoms with Gasteiger partial charge in [-0.15, -0.1) is 5.10 Å². The lowest BCUT2D eigenvalue weighted by Crippen LogP contribution is -2.30. The molecule has 0 aliphatic rings. The van der Waals surface area contributed by atoms with Crippen molar-refractivity contribution in [2.45, 2.75) is 25.0 Å². The predicted molar refractivity (Wildman–Crippen MR) is 121 cm³/mol. The minimum atomic E-state index is -5.52. The number of aromatic nitrogens is 3. The number of aliphatic hydroxyl groups excluding tert-OH is 1. The van der Waals surface area contributed by atoms with E-state index < -0.39 is 71.2 Å². The molecule has 206 valence electrons. The molecule has 1 atom stereocenters. The second-order valence-corrected chi connectivity index (χ2v) is 8.32. The predicted octanol–water partition coefficient (Wildman–Crippen LogP) is 4.68. The fourth-order valence-corrected chi connectivity index (χ4v) is 3.34. The van der Waals surface area contributed by atoms with E-state index in [0.717, 1.165) is 35.1 Å². The van der Waals surface area contributed by atoms with Crippen molar-refractivity contribution < 1.29 is 49.5 Å². The highest BCUT2D eigenvalue weighted by Crippen LogP contribution is 2.45. The molecule has 3 rings (SSSR count). The molecule has 0 spiro atoms. The van der Waals surface area contributed by atoms with Crippen LogP contribution in [0.15, 0.2) is 42.6 Å². The van der Waals surface area contributed by atoms with Gasteiger partial charge in [0.15, 0.2) is 5.75 Å². The molecule has 1 unspecified atom stereocenters. The number of aliphatic hydroxyl groups is 1. The first-order valence-corrected chi connectivity index (χ1v) is 10.6. The smallest absolute Gasteiger partial charge is 0.409 e. The average molecular weight is 552 g/mol. The summed E-state index contributed by atoms with van der Waals surface area (Å²) in [5.41, 5.74) is -5.92. The number of carbonyl (C=O) groups is 1. The third-order valence-corrected chi connectivity index (χ3v) is 4.97. The van der Waals surface area contributed by atoms with Crippen molar-refractivity contribution in [3.63, 3.8) is 0 Å². The van der Waals surface area contributed by atoms with Gasteiger partial charge in [0, 0.05) is 28.9 Å². The van der Waals surface area contributed by atoms with E-state index in [4.69, 9.17) is 8.85 Å². The molecule has 0 fully saturated rings. The van der Waals surface area contributed by atoms with Crippen LogP contribution < -0.4 is 9.64 Å². The molecule has 0 radical (unpaired) electrons. The standard InChI is InChI=1S/C23H22F7N5O3/c1-33(2)10-16(36)11-35-12-19(31-32-35)17-8-13(22(25,26)27)9-18(23(28,29)30)20(17)38-21(37)34(3)15-6-4-14(24)5-7-15/h4-9,12,16,36H,10-11H2,1-3H3/i3D3. The topological polar surface area (TPSA) is 83.7 Å². The Morgan fingerprint density at radius 3 is 2.34 bits per heavy atom. The molecule has 1 aromatic heterocycles. The van der Waals surface area contributed by atoms with Gasteiger partial charge in [-0.3, -0.25) is 4.90 Å². The number of halogens is 7. The van der Waals surface area contributed by atoms with Crippen molar-refractivity contribution in [2.24, 2.45) is 0 Å². The second-order valence-electron chi connectivity index (χ2n) is 8.32. The molecule has 3 aromatic rings. The number of hydrogen-bond acceptors (Lipinski definition) is 6. The van der Waals surface area contributed by atoms with Crippen LogP contribution in [0.5, 0.6) is 5.75 Å². The summed E-state index contributed by atoms with van der Waals surface area (Å²) >= 11 is 0. The van der Waals surface area contributed by atoms with Gasteiger partial charge in [-0.2, -0.15) is 26.3 Å². The molecule has 0 aliphatic carbocycles. The lowest BCUT2D eigenvalue weighted by molar-refractivity contribution is -0.143. The maximum atomic E-state index is 14.1. The molecular formula is C23H22F7N5O3. The molecular weight excluding hydrogens is 527 g/mol. The molecule has 0 bridgehead atoms. The highest BCUT2D eigenvalue weighted by molar-refractivity contribution is 5.90. The minimum Gasteiger partial charge on any atom is -0.409 e. The van der Waals surface area contributed by atoms with Crippen molar-refractivity contribution >= 4 is 11.8 Å². The summed E-state index contributed by atoms with van der Waals surface area (Å²) in [5, 5.41) is 17.3. The van der Waals surface area contributed by atoms with E-state index in [-0.39, 0.29) is 30.1 Å². The van der Waals surface area contributed by atoms with Crippen LogP contribution in [0.1, 0.15) is 15.2 Å². The monoisotopic (exact) mass is 552 g/mol. The number of likely N-dealkylation sites (N-methyl/N-ethyl adjacent to an activating group) is 1. The van der Waals surface area contributed by atoms with Gasteiger partial charge >= 0.3 is 18.4 Å². The van der Waals surface area contributed by atoms with Crippen LogP contribution in [0, 0.1) is 5.82 Å². The number of hydrogen-bond donors (Lipinski definition) is 1. The average Bonchev–Trinajstić information content (AvgIpc) is 3.25. The number of ether oxygens (including phenoxy) is 1. The Morgan fingerprint density at radius 2 is 1.79 bits per heavy atom. The molecule has 0 saturated carbocycles. The first-order valence-electron chi connectivity index (χ1n) is 12.1.